The molecule has 0 aliphatic carbocycles. The van der Waals surface area contributed by atoms with Gasteiger partial charge in [-0.2, -0.15) is 4.98 Å². The number of benzene rings is 3. The highest BCUT2D eigenvalue weighted by molar-refractivity contribution is 7.90. The van der Waals surface area contributed by atoms with E-state index >= 15 is 0 Å². The summed E-state index contributed by atoms with van der Waals surface area (Å²) in [5.74, 6) is 0.563. The molecule has 0 radical (unpaired) electrons. The Bertz CT molecular complexity index is 1490. The number of nitrogens with one attached hydrogen (secondary N) is 2. The van der Waals surface area contributed by atoms with Crippen LogP contribution in [0.25, 0.3) is 11.4 Å². The standard InChI is InChI=1S/C27H27N5O5S/c1-19-28-25(30-37-19)22-15-13-21(14-16-22)18-32(2)26(33)24(17-20-9-5-3-6-10-20)29-27(34)31-38(35,36)23-11-7-4-8-12-23/h3-16,24H,17-18H2,1-2H3,(H2,29,31,34)/t24-/m0/s1. The molecule has 196 valence electrons. The van der Waals surface area contributed by atoms with E-state index in [0.717, 1.165) is 16.7 Å². The molecule has 0 aliphatic heterocycles. The normalized spacial score (nSPS) is 11.9. The summed E-state index contributed by atoms with van der Waals surface area (Å²) in [6, 6.07) is 22.1. The van der Waals surface area contributed by atoms with Gasteiger partial charge >= 0.3 is 6.03 Å². The number of carbonyl (C=O) groups is 2. The summed E-state index contributed by atoms with van der Waals surface area (Å²) in [5, 5.41) is 6.44. The zero-order valence-electron chi connectivity index (χ0n) is 20.9. The first-order chi connectivity index (χ1) is 18.2. The van der Waals surface area contributed by atoms with Crippen molar-refractivity contribution < 1.29 is 22.5 Å². The molecule has 0 aliphatic rings. The third kappa shape index (κ3) is 6.83. The molecule has 2 N–H and O–H groups in total. The van der Waals surface area contributed by atoms with Gasteiger partial charge in [0.05, 0.1) is 4.90 Å². The van der Waals surface area contributed by atoms with Gasteiger partial charge in [0.2, 0.25) is 17.6 Å². The number of nitrogens with zero attached hydrogens (tertiary/aromatic N) is 3. The second-order valence-corrected chi connectivity index (χ2v) is 10.3. The fourth-order valence-electron chi connectivity index (χ4n) is 3.81. The molecule has 3 amide bonds. The Balaban J connectivity index is 1.46. The number of rotatable bonds is 9. The van der Waals surface area contributed by atoms with Crippen LogP contribution in [-0.2, 0) is 27.8 Å². The number of aromatic nitrogens is 2. The van der Waals surface area contributed by atoms with Gasteiger partial charge in [-0.1, -0.05) is 78.0 Å². The van der Waals surface area contributed by atoms with Crippen LogP contribution in [-0.4, -0.2) is 48.5 Å². The lowest BCUT2D eigenvalue weighted by molar-refractivity contribution is -0.132. The van der Waals surface area contributed by atoms with Crippen LogP contribution in [0.3, 0.4) is 0 Å². The highest BCUT2D eigenvalue weighted by atomic mass is 32.2. The van der Waals surface area contributed by atoms with Crippen molar-refractivity contribution in [1.29, 1.82) is 0 Å². The van der Waals surface area contributed by atoms with E-state index < -0.39 is 22.1 Å². The Hall–Kier alpha value is -4.51. The van der Waals surface area contributed by atoms with E-state index in [2.05, 4.69) is 15.5 Å². The van der Waals surface area contributed by atoms with Gasteiger partial charge in [0.25, 0.3) is 10.0 Å². The maximum absolute atomic E-state index is 13.4. The third-order valence-corrected chi connectivity index (χ3v) is 7.05. The van der Waals surface area contributed by atoms with E-state index in [9.17, 15) is 18.0 Å². The van der Waals surface area contributed by atoms with Crippen molar-refractivity contribution in [2.24, 2.45) is 0 Å². The van der Waals surface area contributed by atoms with Gasteiger partial charge in [0, 0.05) is 32.5 Å². The van der Waals surface area contributed by atoms with Crippen molar-refractivity contribution in [3.8, 4) is 11.4 Å². The number of amides is 3. The van der Waals surface area contributed by atoms with Gasteiger partial charge in [-0.25, -0.2) is 17.9 Å². The number of aryl methyl sites for hydroxylation is 1. The van der Waals surface area contributed by atoms with Crippen molar-refractivity contribution in [2.75, 3.05) is 7.05 Å². The summed E-state index contributed by atoms with van der Waals surface area (Å²) in [6.45, 7) is 1.98. The lowest BCUT2D eigenvalue weighted by Crippen LogP contribution is -2.52. The molecule has 1 atom stereocenters. The number of carbonyl (C=O) groups excluding carboxylic acids is 2. The smallest absolute Gasteiger partial charge is 0.329 e. The van der Waals surface area contributed by atoms with Crippen LogP contribution in [0.15, 0.2) is 94.3 Å². The number of hydrogen-bond donors (Lipinski definition) is 2. The van der Waals surface area contributed by atoms with E-state index in [0.29, 0.717) is 11.7 Å². The predicted octanol–water partition coefficient (Wildman–Crippen LogP) is 3.30. The highest BCUT2D eigenvalue weighted by Gasteiger charge is 2.27. The lowest BCUT2D eigenvalue weighted by atomic mass is 10.0. The molecular formula is C27H27N5O5S. The summed E-state index contributed by atoms with van der Waals surface area (Å²) < 4.78 is 32.2. The first-order valence-electron chi connectivity index (χ1n) is 11.8. The Labute approximate surface area is 220 Å². The van der Waals surface area contributed by atoms with Crippen LogP contribution in [0.4, 0.5) is 4.79 Å². The fraction of sp³-hybridized carbons (Fsp3) is 0.185. The average Bonchev–Trinajstić information content (AvgIpc) is 3.35. The summed E-state index contributed by atoms with van der Waals surface area (Å²) in [6.07, 6.45) is 0.179. The van der Waals surface area contributed by atoms with Crippen LogP contribution in [0.5, 0.6) is 0 Å². The molecule has 0 fully saturated rings. The summed E-state index contributed by atoms with van der Waals surface area (Å²) in [7, 11) is -2.48. The molecule has 11 heteroatoms. The van der Waals surface area contributed by atoms with E-state index in [-0.39, 0.29) is 23.8 Å². The van der Waals surface area contributed by atoms with Crippen molar-refractivity contribution in [3.63, 3.8) is 0 Å². The minimum absolute atomic E-state index is 0.0577. The number of urea groups is 1. The van der Waals surface area contributed by atoms with Crippen LogP contribution in [0.1, 0.15) is 17.0 Å². The molecule has 4 aromatic rings. The van der Waals surface area contributed by atoms with Gasteiger partial charge in [-0.15, -0.1) is 0 Å². The maximum Gasteiger partial charge on any atom is 0.329 e. The predicted molar refractivity (Wildman–Crippen MR) is 140 cm³/mol. The van der Waals surface area contributed by atoms with Crippen molar-refractivity contribution in [1.82, 2.24) is 25.1 Å². The largest absolute Gasteiger partial charge is 0.340 e. The average molecular weight is 534 g/mol. The van der Waals surface area contributed by atoms with E-state index in [1.807, 2.05) is 59.3 Å². The molecule has 3 aromatic carbocycles. The zero-order valence-corrected chi connectivity index (χ0v) is 21.7. The monoisotopic (exact) mass is 533 g/mol. The first kappa shape index (κ1) is 26.6. The Kier molecular flexibility index (Phi) is 8.17. The summed E-state index contributed by atoms with van der Waals surface area (Å²) >= 11 is 0. The maximum atomic E-state index is 13.4. The molecule has 0 unspecified atom stereocenters. The Morgan fingerprint density at radius 2 is 1.55 bits per heavy atom. The zero-order chi connectivity index (χ0) is 27.1. The molecule has 0 bridgehead atoms. The van der Waals surface area contributed by atoms with Crippen LogP contribution >= 0.6 is 0 Å². The molecule has 1 aromatic heterocycles. The van der Waals surface area contributed by atoms with E-state index in [4.69, 9.17) is 4.52 Å². The molecule has 0 spiro atoms. The van der Waals surface area contributed by atoms with Crippen molar-refractivity contribution >= 4 is 22.0 Å². The van der Waals surface area contributed by atoms with Crippen LogP contribution in [0.2, 0.25) is 0 Å². The van der Waals surface area contributed by atoms with Gasteiger partial charge in [-0.3, -0.25) is 4.79 Å². The SMILES string of the molecule is Cc1nc(-c2ccc(CN(C)C(=O)[C@H](Cc3ccccc3)NC(=O)NS(=O)(=O)c3ccccc3)cc2)no1. The van der Waals surface area contributed by atoms with Crippen LogP contribution < -0.4 is 10.0 Å². The number of hydrogen-bond acceptors (Lipinski definition) is 7. The lowest BCUT2D eigenvalue weighted by Gasteiger charge is -2.25. The second kappa shape index (κ2) is 11.7. The van der Waals surface area contributed by atoms with Gasteiger partial charge in [0.1, 0.15) is 6.04 Å². The van der Waals surface area contributed by atoms with Gasteiger partial charge in [0.15, 0.2) is 0 Å². The van der Waals surface area contributed by atoms with Crippen LogP contribution in [0, 0.1) is 6.92 Å². The molecule has 0 saturated carbocycles. The first-order valence-corrected chi connectivity index (χ1v) is 13.3. The highest BCUT2D eigenvalue weighted by Crippen LogP contribution is 2.17. The number of sulfonamides is 1. The van der Waals surface area contributed by atoms with E-state index in [1.54, 1.807) is 32.2 Å². The second-order valence-electron chi connectivity index (χ2n) is 8.66. The van der Waals surface area contributed by atoms with Gasteiger partial charge in [-0.05, 0) is 23.3 Å². The fourth-order valence-corrected chi connectivity index (χ4v) is 4.75. The molecule has 0 saturated heterocycles. The molecule has 1 heterocycles. The molecular weight excluding hydrogens is 506 g/mol. The number of likely N-dealkylation sites (N-methyl/N-ethyl adjacent to an activating group) is 1. The summed E-state index contributed by atoms with van der Waals surface area (Å²) in [5.41, 5.74) is 2.43. The topological polar surface area (TPSA) is 134 Å². The van der Waals surface area contributed by atoms with Crippen molar-refractivity contribution in [3.05, 3.63) is 102 Å². The van der Waals surface area contributed by atoms with E-state index in [1.165, 1.54) is 17.0 Å². The molecule has 4 rings (SSSR count). The Morgan fingerprint density at radius 3 is 2.16 bits per heavy atom. The molecule has 10 nitrogen and oxygen atoms in total. The third-order valence-electron chi connectivity index (χ3n) is 5.70. The Morgan fingerprint density at radius 1 is 0.921 bits per heavy atom. The minimum Gasteiger partial charge on any atom is -0.340 e. The minimum atomic E-state index is -4.10. The van der Waals surface area contributed by atoms with Crippen molar-refractivity contribution in [2.45, 2.75) is 30.8 Å². The van der Waals surface area contributed by atoms with Gasteiger partial charge < -0.3 is 14.7 Å². The summed E-state index contributed by atoms with van der Waals surface area (Å²) in [4.78, 5) is 31.7. The quantitative estimate of drug-likeness (QED) is 0.337. The molecule has 38 heavy (non-hydrogen) atoms.